The average molecular weight is 507 g/mol. The van der Waals surface area contributed by atoms with E-state index >= 15 is 0 Å². The van der Waals surface area contributed by atoms with Gasteiger partial charge in [-0.3, -0.25) is 9.59 Å². The molecule has 0 unspecified atom stereocenters. The Labute approximate surface area is 218 Å². The van der Waals surface area contributed by atoms with E-state index in [1.54, 1.807) is 20.8 Å². The van der Waals surface area contributed by atoms with E-state index in [9.17, 15) is 14.4 Å². The Morgan fingerprint density at radius 3 is 2.54 bits per heavy atom. The maximum absolute atomic E-state index is 13.8. The molecule has 8 heteroatoms. The van der Waals surface area contributed by atoms with Crippen molar-refractivity contribution in [2.24, 2.45) is 5.73 Å². The molecule has 2 aromatic rings. The van der Waals surface area contributed by atoms with Crippen molar-refractivity contribution in [2.75, 3.05) is 11.9 Å². The fourth-order valence-corrected chi connectivity index (χ4v) is 5.10. The Morgan fingerprint density at radius 1 is 1.08 bits per heavy atom. The second-order valence-electron chi connectivity index (χ2n) is 11.1. The highest BCUT2D eigenvalue weighted by Crippen LogP contribution is 2.26. The number of rotatable bonds is 7. The smallest absolute Gasteiger partial charge is 0.408 e. The van der Waals surface area contributed by atoms with Crippen LogP contribution in [-0.2, 0) is 33.6 Å². The third-order valence-corrected chi connectivity index (χ3v) is 6.84. The minimum Gasteiger partial charge on any atom is -0.444 e. The summed E-state index contributed by atoms with van der Waals surface area (Å²) < 4.78 is 5.42. The molecule has 37 heavy (non-hydrogen) atoms. The van der Waals surface area contributed by atoms with Crippen LogP contribution in [0.25, 0.3) is 0 Å². The van der Waals surface area contributed by atoms with E-state index in [0.717, 1.165) is 30.5 Å². The van der Waals surface area contributed by atoms with Crippen molar-refractivity contribution >= 4 is 23.6 Å². The molecule has 1 aliphatic carbocycles. The first-order valence-electron chi connectivity index (χ1n) is 13.1. The lowest BCUT2D eigenvalue weighted by Crippen LogP contribution is -2.53. The molecule has 8 nitrogen and oxygen atoms in total. The topological polar surface area (TPSA) is 114 Å². The number of nitrogens with one attached hydrogen (secondary N) is 2. The number of hydrogen-bond acceptors (Lipinski definition) is 5. The molecule has 1 heterocycles. The summed E-state index contributed by atoms with van der Waals surface area (Å²) in [7, 11) is 0. The van der Waals surface area contributed by atoms with Crippen LogP contribution in [0.4, 0.5) is 10.5 Å². The Kier molecular flexibility index (Phi) is 8.17. The molecule has 2 aliphatic rings. The summed E-state index contributed by atoms with van der Waals surface area (Å²) in [5.74, 6) is -0.595. The number of alkyl carbamates (subject to hydrolysis) is 1. The number of fused-ring (bicyclic) bond motifs is 1. The molecule has 198 valence electrons. The molecule has 1 aliphatic heterocycles. The van der Waals surface area contributed by atoms with Crippen LogP contribution >= 0.6 is 0 Å². The lowest BCUT2D eigenvalue weighted by molar-refractivity contribution is -0.138. The summed E-state index contributed by atoms with van der Waals surface area (Å²) in [6.45, 7) is 5.56. The van der Waals surface area contributed by atoms with Crippen LogP contribution in [0.15, 0.2) is 48.5 Å². The number of amides is 3. The third-order valence-electron chi connectivity index (χ3n) is 6.84. The molecule has 2 aromatic carbocycles. The molecule has 3 atom stereocenters. The van der Waals surface area contributed by atoms with E-state index in [2.05, 4.69) is 16.7 Å². The lowest BCUT2D eigenvalue weighted by atomic mass is 10.0. The standard InChI is InChI=1S/C29H38N4O4/c1-29(2,3)37-28(36)32-24(15-12-19-8-5-4-6-9-19)27(35)33-18-22(30)17-25(33)26(34)31-23-14-13-20-10-7-11-21(20)16-23/h4-6,8-9,13-14,16,22,24-25H,7,10-12,15,17-18,30H2,1-3H3,(H,31,34)(H,32,36)/t22-,24-,25+/m1/s1. The molecular formula is C29H38N4O4. The highest BCUT2D eigenvalue weighted by molar-refractivity contribution is 5.99. The first kappa shape index (κ1) is 26.7. The Morgan fingerprint density at radius 2 is 1.81 bits per heavy atom. The molecule has 3 amide bonds. The minimum absolute atomic E-state index is 0.249. The van der Waals surface area contributed by atoms with Crippen LogP contribution in [0.1, 0.15) is 56.7 Å². The maximum Gasteiger partial charge on any atom is 0.408 e. The second-order valence-corrected chi connectivity index (χ2v) is 11.1. The van der Waals surface area contributed by atoms with E-state index < -0.39 is 23.8 Å². The number of aryl methyl sites for hydroxylation is 3. The summed E-state index contributed by atoms with van der Waals surface area (Å²) in [5, 5.41) is 5.74. The maximum atomic E-state index is 13.8. The van der Waals surface area contributed by atoms with E-state index in [0.29, 0.717) is 19.3 Å². The number of likely N-dealkylation sites (tertiary alicyclic amines) is 1. The van der Waals surface area contributed by atoms with Gasteiger partial charge in [-0.15, -0.1) is 0 Å². The molecule has 0 spiro atoms. The van der Waals surface area contributed by atoms with Gasteiger partial charge in [-0.1, -0.05) is 36.4 Å². The molecule has 4 N–H and O–H groups in total. The Hall–Kier alpha value is -3.39. The first-order chi connectivity index (χ1) is 17.6. The predicted octanol–water partition coefficient (Wildman–Crippen LogP) is 3.57. The molecule has 1 fully saturated rings. The molecule has 4 rings (SSSR count). The third kappa shape index (κ3) is 7.10. The quantitative estimate of drug-likeness (QED) is 0.531. The van der Waals surface area contributed by atoms with Crippen molar-refractivity contribution in [2.45, 2.75) is 83.0 Å². The molecule has 1 saturated heterocycles. The molecule has 0 bridgehead atoms. The number of nitrogens with two attached hydrogens (primary N) is 1. The molecule has 0 aromatic heterocycles. The van der Waals surface area contributed by atoms with Gasteiger partial charge in [0.15, 0.2) is 0 Å². The van der Waals surface area contributed by atoms with Crippen LogP contribution in [0.5, 0.6) is 0 Å². The van der Waals surface area contributed by atoms with Gasteiger partial charge in [0, 0.05) is 18.3 Å². The molecule has 0 radical (unpaired) electrons. The zero-order chi connectivity index (χ0) is 26.6. The van der Waals surface area contributed by atoms with Gasteiger partial charge in [0.1, 0.15) is 17.7 Å². The second kappa shape index (κ2) is 11.3. The average Bonchev–Trinajstić information content (AvgIpc) is 3.47. The summed E-state index contributed by atoms with van der Waals surface area (Å²) in [4.78, 5) is 41.2. The number of nitrogens with zero attached hydrogens (tertiary/aromatic N) is 1. The normalized spacial score (nSPS) is 19.7. The van der Waals surface area contributed by atoms with Crippen molar-refractivity contribution in [1.29, 1.82) is 0 Å². The van der Waals surface area contributed by atoms with Gasteiger partial charge in [-0.05, 0) is 88.1 Å². The summed E-state index contributed by atoms with van der Waals surface area (Å²) in [6, 6.07) is 13.9. The Bertz CT molecular complexity index is 1130. The Balaban J connectivity index is 1.48. The van der Waals surface area contributed by atoms with Gasteiger partial charge < -0.3 is 26.0 Å². The molecular weight excluding hydrogens is 468 g/mol. The SMILES string of the molecule is CC(C)(C)OC(=O)N[C@H](CCc1ccccc1)C(=O)N1C[C@H](N)C[C@H]1C(=O)Nc1ccc2c(c1)CCC2. The van der Waals surface area contributed by atoms with Gasteiger partial charge in [-0.2, -0.15) is 0 Å². The van der Waals surface area contributed by atoms with Crippen LogP contribution in [0.3, 0.4) is 0 Å². The highest BCUT2D eigenvalue weighted by Gasteiger charge is 2.41. The van der Waals surface area contributed by atoms with Gasteiger partial charge >= 0.3 is 6.09 Å². The zero-order valence-corrected chi connectivity index (χ0v) is 22.0. The van der Waals surface area contributed by atoms with Crippen molar-refractivity contribution in [3.8, 4) is 0 Å². The summed E-state index contributed by atoms with van der Waals surface area (Å²) >= 11 is 0. The van der Waals surface area contributed by atoms with Crippen LogP contribution in [-0.4, -0.2) is 53.1 Å². The van der Waals surface area contributed by atoms with Crippen molar-refractivity contribution in [1.82, 2.24) is 10.2 Å². The van der Waals surface area contributed by atoms with Crippen LogP contribution < -0.4 is 16.4 Å². The van der Waals surface area contributed by atoms with E-state index in [1.165, 1.54) is 16.0 Å². The predicted molar refractivity (Wildman–Crippen MR) is 143 cm³/mol. The van der Waals surface area contributed by atoms with Crippen LogP contribution in [0, 0.1) is 0 Å². The zero-order valence-electron chi connectivity index (χ0n) is 22.0. The number of anilines is 1. The van der Waals surface area contributed by atoms with Gasteiger partial charge in [-0.25, -0.2) is 4.79 Å². The number of benzene rings is 2. The van der Waals surface area contributed by atoms with Crippen molar-refractivity contribution in [3.63, 3.8) is 0 Å². The fourth-order valence-electron chi connectivity index (χ4n) is 5.10. The summed E-state index contributed by atoms with van der Waals surface area (Å²) in [5.41, 5.74) is 9.88. The summed E-state index contributed by atoms with van der Waals surface area (Å²) in [6.07, 6.45) is 3.85. The number of carbonyl (C=O) groups excluding carboxylic acids is 3. The largest absolute Gasteiger partial charge is 0.444 e. The van der Waals surface area contributed by atoms with E-state index in [1.807, 2.05) is 42.5 Å². The van der Waals surface area contributed by atoms with Crippen molar-refractivity contribution in [3.05, 3.63) is 65.2 Å². The number of hydrogen-bond donors (Lipinski definition) is 3. The first-order valence-corrected chi connectivity index (χ1v) is 13.1. The van der Waals surface area contributed by atoms with E-state index in [4.69, 9.17) is 10.5 Å². The highest BCUT2D eigenvalue weighted by atomic mass is 16.6. The minimum atomic E-state index is -0.851. The number of ether oxygens (including phenoxy) is 1. The van der Waals surface area contributed by atoms with Gasteiger partial charge in [0.25, 0.3) is 0 Å². The molecule has 0 saturated carbocycles. The van der Waals surface area contributed by atoms with Crippen molar-refractivity contribution < 1.29 is 19.1 Å². The lowest BCUT2D eigenvalue weighted by Gasteiger charge is -2.29. The fraction of sp³-hybridized carbons (Fsp3) is 0.483. The van der Waals surface area contributed by atoms with Crippen LogP contribution in [0.2, 0.25) is 0 Å². The van der Waals surface area contributed by atoms with E-state index in [-0.39, 0.29) is 24.4 Å². The van der Waals surface area contributed by atoms with Gasteiger partial charge in [0.2, 0.25) is 11.8 Å². The van der Waals surface area contributed by atoms with Gasteiger partial charge in [0.05, 0.1) is 0 Å². The monoisotopic (exact) mass is 506 g/mol. The number of carbonyl (C=O) groups is 3.